The Morgan fingerprint density at radius 3 is 2.57 bits per heavy atom. The summed E-state index contributed by atoms with van der Waals surface area (Å²) in [4.78, 5) is 11.8. The van der Waals surface area contributed by atoms with Crippen LogP contribution in [0.3, 0.4) is 0 Å². The van der Waals surface area contributed by atoms with Gasteiger partial charge in [0, 0.05) is 30.2 Å². The summed E-state index contributed by atoms with van der Waals surface area (Å²) in [6, 6.07) is 8.97. The van der Waals surface area contributed by atoms with Gasteiger partial charge >= 0.3 is 6.18 Å². The van der Waals surface area contributed by atoms with Crippen molar-refractivity contribution in [3.05, 3.63) is 66.5 Å². The van der Waals surface area contributed by atoms with Gasteiger partial charge in [0.15, 0.2) is 23.0 Å². The van der Waals surface area contributed by atoms with E-state index in [9.17, 15) is 13.2 Å². The van der Waals surface area contributed by atoms with E-state index in [2.05, 4.69) is 30.5 Å². The van der Waals surface area contributed by atoms with Crippen molar-refractivity contribution < 1.29 is 13.2 Å². The third-order valence-corrected chi connectivity index (χ3v) is 4.05. The number of hydrogen-bond acceptors (Lipinski definition) is 6. The Labute approximate surface area is 157 Å². The lowest BCUT2D eigenvalue weighted by molar-refractivity contribution is -0.141. The van der Waals surface area contributed by atoms with E-state index in [4.69, 9.17) is 0 Å². The molecule has 0 amide bonds. The van der Waals surface area contributed by atoms with Gasteiger partial charge < -0.3 is 5.32 Å². The van der Waals surface area contributed by atoms with Crippen LogP contribution in [0.25, 0.3) is 17.0 Å². The molecule has 0 radical (unpaired) electrons. The minimum Gasteiger partial charge on any atom is -0.360 e. The highest BCUT2D eigenvalue weighted by Crippen LogP contribution is 2.31. The minimum absolute atomic E-state index is 0.0364. The summed E-state index contributed by atoms with van der Waals surface area (Å²) < 4.78 is 41.7. The Morgan fingerprint density at radius 2 is 1.82 bits per heavy atom. The summed E-state index contributed by atoms with van der Waals surface area (Å²) in [5.41, 5.74) is 0.0436. The molecule has 4 aromatic rings. The van der Waals surface area contributed by atoms with Gasteiger partial charge in [-0.1, -0.05) is 6.07 Å². The number of pyridine rings is 2. The van der Waals surface area contributed by atoms with E-state index in [0.717, 1.165) is 6.07 Å². The SMILES string of the molecule is CC(Nc1cc(C(F)(F)F)nc(-c2ccncc2)n1)c1nnc2ccccn12. The van der Waals surface area contributed by atoms with Crippen LogP contribution in [0.5, 0.6) is 0 Å². The smallest absolute Gasteiger partial charge is 0.360 e. The molecule has 0 aliphatic rings. The molecule has 1 unspecified atom stereocenters. The van der Waals surface area contributed by atoms with Gasteiger partial charge in [-0.3, -0.25) is 9.38 Å². The third kappa shape index (κ3) is 3.48. The average molecular weight is 385 g/mol. The maximum absolute atomic E-state index is 13.3. The Balaban J connectivity index is 1.72. The largest absolute Gasteiger partial charge is 0.433 e. The molecule has 4 heterocycles. The fourth-order valence-corrected chi connectivity index (χ4v) is 2.74. The van der Waals surface area contributed by atoms with E-state index in [1.807, 2.05) is 12.1 Å². The predicted molar refractivity (Wildman–Crippen MR) is 95.3 cm³/mol. The van der Waals surface area contributed by atoms with Crippen LogP contribution in [0.15, 0.2) is 55.0 Å². The van der Waals surface area contributed by atoms with Gasteiger partial charge in [-0.2, -0.15) is 13.2 Å². The van der Waals surface area contributed by atoms with E-state index in [-0.39, 0.29) is 11.6 Å². The second-order valence-electron chi connectivity index (χ2n) is 6.05. The van der Waals surface area contributed by atoms with Crippen LogP contribution < -0.4 is 5.32 Å². The van der Waals surface area contributed by atoms with E-state index in [1.165, 1.54) is 12.4 Å². The number of alkyl halides is 3. The average Bonchev–Trinajstić information content (AvgIpc) is 3.12. The minimum atomic E-state index is -4.61. The summed E-state index contributed by atoms with van der Waals surface area (Å²) in [5, 5.41) is 11.1. The highest BCUT2D eigenvalue weighted by atomic mass is 19.4. The molecule has 4 rings (SSSR count). The van der Waals surface area contributed by atoms with Gasteiger partial charge in [0.1, 0.15) is 5.82 Å². The second kappa shape index (κ2) is 6.87. The number of halogens is 3. The first kappa shape index (κ1) is 17.8. The molecule has 4 aromatic heterocycles. The molecule has 0 saturated heterocycles. The first-order valence-electron chi connectivity index (χ1n) is 8.35. The Bertz CT molecular complexity index is 1110. The van der Waals surface area contributed by atoms with Crippen LogP contribution in [-0.4, -0.2) is 29.5 Å². The fourth-order valence-electron chi connectivity index (χ4n) is 2.74. The lowest BCUT2D eigenvalue weighted by Crippen LogP contribution is -2.15. The number of rotatable bonds is 4. The number of nitrogens with one attached hydrogen (secondary N) is 1. The molecule has 7 nitrogen and oxygen atoms in total. The van der Waals surface area contributed by atoms with Crippen molar-refractivity contribution in [2.24, 2.45) is 0 Å². The maximum atomic E-state index is 13.3. The molecule has 1 N–H and O–H groups in total. The summed E-state index contributed by atoms with van der Waals surface area (Å²) >= 11 is 0. The van der Waals surface area contributed by atoms with Gasteiger partial charge in [-0.05, 0) is 31.2 Å². The number of nitrogens with zero attached hydrogens (tertiary/aromatic N) is 6. The lowest BCUT2D eigenvalue weighted by atomic mass is 10.2. The molecule has 0 aromatic carbocycles. The van der Waals surface area contributed by atoms with Gasteiger partial charge in [0.05, 0.1) is 6.04 Å². The van der Waals surface area contributed by atoms with E-state index >= 15 is 0 Å². The topological polar surface area (TPSA) is 80.9 Å². The third-order valence-electron chi connectivity index (χ3n) is 4.05. The molecular formula is C18H14F3N7. The summed E-state index contributed by atoms with van der Waals surface area (Å²) in [7, 11) is 0. The molecule has 142 valence electrons. The summed E-state index contributed by atoms with van der Waals surface area (Å²) in [5.74, 6) is 0.542. The molecular weight excluding hydrogens is 371 g/mol. The van der Waals surface area contributed by atoms with Gasteiger partial charge in [-0.15, -0.1) is 10.2 Å². The van der Waals surface area contributed by atoms with Crippen LogP contribution in [0.1, 0.15) is 24.5 Å². The van der Waals surface area contributed by atoms with Crippen molar-refractivity contribution in [3.8, 4) is 11.4 Å². The summed E-state index contributed by atoms with van der Waals surface area (Å²) in [6.45, 7) is 1.77. The van der Waals surface area contributed by atoms with Crippen molar-refractivity contribution in [2.45, 2.75) is 19.1 Å². The molecule has 1 atom stereocenters. The number of fused-ring (bicyclic) bond motifs is 1. The van der Waals surface area contributed by atoms with Gasteiger partial charge in [-0.25, -0.2) is 9.97 Å². The number of aromatic nitrogens is 6. The van der Waals surface area contributed by atoms with Crippen LogP contribution in [0, 0.1) is 0 Å². The van der Waals surface area contributed by atoms with Crippen LogP contribution in [0.4, 0.5) is 19.0 Å². The highest BCUT2D eigenvalue weighted by molar-refractivity contribution is 5.57. The van der Waals surface area contributed by atoms with Crippen molar-refractivity contribution in [1.82, 2.24) is 29.5 Å². The first-order chi connectivity index (χ1) is 13.4. The van der Waals surface area contributed by atoms with E-state index in [1.54, 1.807) is 35.7 Å². The van der Waals surface area contributed by atoms with Crippen LogP contribution in [-0.2, 0) is 6.18 Å². The highest BCUT2D eigenvalue weighted by Gasteiger charge is 2.34. The predicted octanol–water partition coefficient (Wildman–Crippen LogP) is 3.77. The molecule has 0 spiro atoms. The molecule has 28 heavy (non-hydrogen) atoms. The van der Waals surface area contributed by atoms with Crippen molar-refractivity contribution >= 4 is 11.5 Å². The molecule has 0 aliphatic heterocycles. The van der Waals surface area contributed by atoms with Gasteiger partial charge in [0.25, 0.3) is 0 Å². The van der Waals surface area contributed by atoms with Gasteiger partial charge in [0.2, 0.25) is 0 Å². The zero-order valence-electron chi connectivity index (χ0n) is 14.6. The van der Waals surface area contributed by atoms with E-state index in [0.29, 0.717) is 17.0 Å². The van der Waals surface area contributed by atoms with Crippen LogP contribution in [0.2, 0.25) is 0 Å². The standard InChI is InChI=1S/C18H14F3N7/c1-11(17-27-26-15-4-2-3-9-28(15)17)23-14-10-13(18(19,20)21)24-16(25-14)12-5-7-22-8-6-12/h2-11H,1H3,(H,23,24,25). The normalized spacial score (nSPS) is 12.9. The zero-order valence-corrected chi connectivity index (χ0v) is 14.6. The number of hydrogen-bond donors (Lipinski definition) is 1. The Morgan fingerprint density at radius 1 is 1.04 bits per heavy atom. The molecule has 0 bridgehead atoms. The molecule has 10 heteroatoms. The molecule has 0 aliphatic carbocycles. The van der Waals surface area contributed by atoms with Crippen LogP contribution >= 0.6 is 0 Å². The maximum Gasteiger partial charge on any atom is 0.433 e. The second-order valence-corrected chi connectivity index (χ2v) is 6.05. The molecule has 0 fully saturated rings. The fraction of sp³-hybridized carbons (Fsp3) is 0.167. The lowest BCUT2D eigenvalue weighted by Gasteiger charge is -2.15. The monoisotopic (exact) mass is 385 g/mol. The Kier molecular flexibility index (Phi) is 4.38. The first-order valence-corrected chi connectivity index (χ1v) is 8.35. The quantitative estimate of drug-likeness (QED) is 0.576. The van der Waals surface area contributed by atoms with Crippen molar-refractivity contribution in [2.75, 3.05) is 5.32 Å². The molecule has 0 saturated carbocycles. The Hall–Kier alpha value is -3.56. The van der Waals surface area contributed by atoms with E-state index < -0.39 is 17.9 Å². The van der Waals surface area contributed by atoms with Crippen molar-refractivity contribution in [1.29, 1.82) is 0 Å². The van der Waals surface area contributed by atoms with Crippen molar-refractivity contribution in [3.63, 3.8) is 0 Å². The summed E-state index contributed by atoms with van der Waals surface area (Å²) in [6.07, 6.45) is 0.117. The number of anilines is 1. The zero-order chi connectivity index (χ0) is 19.7.